The number of nitrogens with zero attached hydrogens (tertiary/aromatic N) is 2. The predicted octanol–water partition coefficient (Wildman–Crippen LogP) is 1.84. The topological polar surface area (TPSA) is 56.1 Å². The van der Waals surface area contributed by atoms with Crippen molar-refractivity contribution in [1.29, 1.82) is 0 Å². The molecule has 5 heteroatoms. The fourth-order valence-corrected chi connectivity index (χ4v) is 1.70. The lowest BCUT2D eigenvalue weighted by molar-refractivity contribution is -0.122. The molecule has 0 bridgehead atoms. The molecule has 1 amide bonds. The van der Waals surface area contributed by atoms with Crippen LogP contribution in [0, 0.1) is 5.92 Å². The first kappa shape index (κ1) is 15.7. The highest BCUT2D eigenvalue weighted by atomic mass is 16.5. The second-order valence-corrected chi connectivity index (χ2v) is 5.27. The smallest absolute Gasteiger partial charge is 0.220 e. The van der Waals surface area contributed by atoms with Gasteiger partial charge in [0.15, 0.2) is 0 Å². The summed E-state index contributed by atoms with van der Waals surface area (Å²) in [5, 5.41) is 7.04. The largest absolute Gasteiger partial charge is 0.379 e. The van der Waals surface area contributed by atoms with E-state index in [9.17, 15) is 4.79 Å². The molecule has 1 aromatic heterocycles. The maximum absolute atomic E-state index is 11.7. The summed E-state index contributed by atoms with van der Waals surface area (Å²) in [5.74, 6) is 0.602. The molecule has 0 aliphatic heterocycles. The molecule has 19 heavy (non-hydrogen) atoms. The molecule has 0 aliphatic carbocycles. The molecular formula is C14H25N3O2. The Labute approximate surface area is 115 Å². The number of carbonyl (C=O) groups excluding carboxylic acids is 1. The highest BCUT2D eigenvalue weighted by Gasteiger charge is 2.07. The normalized spacial score (nSPS) is 12.6. The van der Waals surface area contributed by atoms with Crippen LogP contribution < -0.4 is 5.32 Å². The van der Waals surface area contributed by atoms with Crippen molar-refractivity contribution in [1.82, 2.24) is 15.1 Å². The number of nitrogens with one attached hydrogen (secondary N) is 1. The van der Waals surface area contributed by atoms with Crippen molar-refractivity contribution in [2.75, 3.05) is 13.2 Å². The maximum atomic E-state index is 11.7. The number of hydrogen-bond donors (Lipinski definition) is 1. The van der Waals surface area contributed by atoms with Crippen molar-refractivity contribution in [3.8, 4) is 0 Å². The molecule has 0 saturated carbocycles. The van der Waals surface area contributed by atoms with Gasteiger partial charge >= 0.3 is 0 Å². The van der Waals surface area contributed by atoms with Crippen LogP contribution in [-0.2, 0) is 16.1 Å². The van der Waals surface area contributed by atoms with Gasteiger partial charge in [-0.3, -0.25) is 9.48 Å². The summed E-state index contributed by atoms with van der Waals surface area (Å²) in [5.41, 5.74) is 0. The minimum atomic E-state index is 0.0657. The van der Waals surface area contributed by atoms with Gasteiger partial charge in [-0.1, -0.05) is 13.8 Å². The van der Waals surface area contributed by atoms with E-state index in [2.05, 4.69) is 24.3 Å². The van der Waals surface area contributed by atoms with Crippen molar-refractivity contribution in [3.63, 3.8) is 0 Å². The SMILES string of the molecule is CC(C)COC[C@@H](C)NC(=O)CCCn1cccn1. The van der Waals surface area contributed by atoms with Gasteiger partial charge in [0, 0.05) is 38.0 Å². The molecule has 0 aromatic carbocycles. The first-order chi connectivity index (χ1) is 9.08. The number of carbonyl (C=O) groups is 1. The van der Waals surface area contributed by atoms with Gasteiger partial charge in [-0.2, -0.15) is 5.10 Å². The fraction of sp³-hybridized carbons (Fsp3) is 0.714. The molecule has 0 fully saturated rings. The molecule has 108 valence electrons. The summed E-state index contributed by atoms with van der Waals surface area (Å²) < 4.78 is 7.33. The number of amides is 1. The van der Waals surface area contributed by atoms with Crippen LogP contribution in [0.3, 0.4) is 0 Å². The summed E-state index contributed by atoms with van der Waals surface area (Å²) in [6.45, 7) is 8.27. The molecule has 5 nitrogen and oxygen atoms in total. The molecular weight excluding hydrogens is 242 g/mol. The summed E-state index contributed by atoms with van der Waals surface area (Å²) >= 11 is 0. The second kappa shape index (κ2) is 8.69. The van der Waals surface area contributed by atoms with Gasteiger partial charge in [-0.25, -0.2) is 0 Å². The number of aromatic nitrogens is 2. The average molecular weight is 267 g/mol. The quantitative estimate of drug-likeness (QED) is 0.743. The zero-order chi connectivity index (χ0) is 14.1. The van der Waals surface area contributed by atoms with Gasteiger partial charge in [0.25, 0.3) is 0 Å². The monoisotopic (exact) mass is 267 g/mol. The summed E-state index contributed by atoms with van der Waals surface area (Å²) in [4.78, 5) is 11.7. The first-order valence-electron chi connectivity index (χ1n) is 6.92. The van der Waals surface area contributed by atoms with E-state index < -0.39 is 0 Å². The van der Waals surface area contributed by atoms with Crippen molar-refractivity contribution >= 4 is 5.91 Å². The number of ether oxygens (including phenoxy) is 1. The van der Waals surface area contributed by atoms with Gasteiger partial charge < -0.3 is 10.1 Å². The molecule has 0 spiro atoms. The van der Waals surface area contributed by atoms with Crippen molar-refractivity contribution in [2.45, 2.75) is 46.2 Å². The molecule has 1 aromatic rings. The van der Waals surface area contributed by atoms with Crippen LogP contribution in [0.2, 0.25) is 0 Å². The van der Waals surface area contributed by atoms with Crippen LogP contribution in [0.25, 0.3) is 0 Å². The lowest BCUT2D eigenvalue weighted by atomic mass is 10.2. The summed E-state index contributed by atoms with van der Waals surface area (Å²) in [7, 11) is 0. The molecule has 1 heterocycles. The van der Waals surface area contributed by atoms with E-state index in [1.54, 1.807) is 6.20 Å². The van der Waals surface area contributed by atoms with Crippen LogP contribution in [0.15, 0.2) is 18.5 Å². The second-order valence-electron chi connectivity index (χ2n) is 5.27. The van der Waals surface area contributed by atoms with Gasteiger partial charge in [-0.15, -0.1) is 0 Å². The molecule has 0 radical (unpaired) electrons. The van der Waals surface area contributed by atoms with E-state index in [4.69, 9.17) is 4.74 Å². The standard InChI is InChI=1S/C14H25N3O2/c1-12(2)10-19-11-13(3)16-14(18)6-4-8-17-9-5-7-15-17/h5,7,9,12-13H,4,6,8,10-11H2,1-3H3,(H,16,18)/t13-/m1/s1. The predicted molar refractivity (Wildman–Crippen MR) is 74.7 cm³/mol. The highest BCUT2D eigenvalue weighted by molar-refractivity contribution is 5.76. The van der Waals surface area contributed by atoms with Crippen LogP contribution in [0.4, 0.5) is 0 Å². The van der Waals surface area contributed by atoms with Gasteiger partial charge in [-0.05, 0) is 25.3 Å². The third-order valence-electron chi connectivity index (χ3n) is 2.58. The summed E-state index contributed by atoms with van der Waals surface area (Å²) in [6.07, 6.45) is 4.97. The first-order valence-corrected chi connectivity index (χ1v) is 6.92. The van der Waals surface area contributed by atoms with E-state index in [-0.39, 0.29) is 11.9 Å². The molecule has 1 atom stereocenters. The van der Waals surface area contributed by atoms with Crippen LogP contribution in [-0.4, -0.2) is 34.9 Å². The minimum absolute atomic E-state index is 0.0657. The Morgan fingerprint density at radius 2 is 2.16 bits per heavy atom. The third-order valence-corrected chi connectivity index (χ3v) is 2.58. The lowest BCUT2D eigenvalue weighted by Gasteiger charge is -2.15. The Morgan fingerprint density at radius 1 is 1.37 bits per heavy atom. The van der Waals surface area contributed by atoms with E-state index >= 15 is 0 Å². The van der Waals surface area contributed by atoms with Crippen molar-refractivity contribution in [3.05, 3.63) is 18.5 Å². The minimum Gasteiger partial charge on any atom is -0.379 e. The summed E-state index contributed by atoms with van der Waals surface area (Å²) in [6, 6.07) is 1.95. The Morgan fingerprint density at radius 3 is 2.79 bits per heavy atom. The van der Waals surface area contributed by atoms with E-state index in [0.29, 0.717) is 18.9 Å². The molecule has 1 N–H and O–H groups in total. The number of rotatable bonds is 9. The van der Waals surface area contributed by atoms with Gasteiger partial charge in [0.2, 0.25) is 5.91 Å². The van der Waals surface area contributed by atoms with Crippen molar-refractivity contribution in [2.24, 2.45) is 5.92 Å². The third kappa shape index (κ3) is 7.62. The van der Waals surface area contributed by atoms with Gasteiger partial charge in [0.1, 0.15) is 0 Å². The van der Waals surface area contributed by atoms with Crippen LogP contribution >= 0.6 is 0 Å². The Balaban J connectivity index is 2.06. The van der Waals surface area contributed by atoms with E-state index in [0.717, 1.165) is 19.6 Å². The highest BCUT2D eigenvalue weighted by Crippen LogP contribution is 1.97. The fourth-order valence-electron chi connectivity index (χ4n) is 1.70. The maximum Gasteiger partial charge on any atom is 0.220 e. The molecule has 0 unspecified atom stereocenters. The van der Waals surface area contributed by atoms with Crippen LogP contribution in [0.1, 0.15) is 33.6 Å². The molecule has 1 rings (SSSR count). The van der Waals surface area contributed by atoms with Crippen LogP contribution in [0.5, 0.6) is 0 Å². The number of aryl methyl sites for hydroxylation is 1. The average Bonchev–Trinajstić information content (AvgIpc) is 2.81. The zero-order valence-corrected chi connectivity index (χ0v) is 12.1. The van der Waals surface area contributed by atoms with Crippen molar-refractivity contribution < 1.29 is 9.53 Å². The zero-order valence-electron chi connectivity index (χ0n) is 12.1. The Hall–Kier alpha value is -1.36. The van der Waals surface area contributed by atoms with E-state index in [1.807, 2.05) is 23.9 Å². The lowest BCUT2D eigenvalue weighted by Crippen LogP contribution is -2.36. The Bertz CT molecular complexity index is 350. The Kier molecular flexibility index (Phi) is 7.18. The number of hydrogen-bond acceptors (Lipinski definition) is 3. The van der Waals surface area contributed by atoms with E-state index in [1.165, 1.54) is 0 Å². The van der Waals surface area contributed by atoms with Gasteiger partial charge in [0.05, 0.1) is 6.61 Å². The molecule has 0 saturated heterocycles. The molecule has 0 aliphatic rings.